The van der Waals surface area contributed by atoms with Crippen LogP contribution < -0.4 is 9.47 Å². The molecule has 1 aromatic carbocycles. The summed E-state index contributed by atoms with van der Waals surface area (Å²) in [7, 11) is 1.65. The second-order valence-corrected chi connectivity index (χ2v) is 6.12. The Morgan fingerprint density at radius 2 is 2.26 bits per heavy atom. The van der Waals surface area contributed by atoms with Crippen molar-refractivity contribution in [3.05, 3.63) is 44.6 Å². The number of methoxy groups -OCH3 is 1. The molecular weight excluding hydrogens is 303 g/mol. The average molecular weight is 315 g/mol. The van der Waals surface area contributed by atoms with Gasteiger partial charge in [-0.15, -0.1) is 22.9 Å². The molecule has 100 valence electrons. The number of hydrogen-bond acceptors (Lipinski definition) is 3. The third kappa shape index (κ3) is 2.31. The number of fused-ring (bicyclic) bond motifs is 1. The fourth-order valence-electron chi connectivity index (χ4n) is 2.29. The van der Waals surface area contributed by atoms with Crippen LogP contribution in [-0.2, 0) is 6.42 Å². The SMILES string of the molecule is COc1ccsc1C(Cl)c1cc(Cl)cc2c1OCC2. The van der Waals surface area contributed by atoms with Crippen LogP contribution in [-0.4, -0.2) is 13.7 Å². The third-order valence-corrected chi connectivity index (χ3v) is 4.92. The van der Waals surface area contributed by atoms with Gasteiger partial charge in [0.05, 0.1) is 18.6 Å². The molecule has 19 heavy (non-hydrogen) atoms. The fourth-order valence-corrected chi connectivity index (χ4v) is 3.82. The third-order valence-electron chi connectivity index (χ3n) is 3.16. The first-order valence-electron chi connectivity index (χ1n) is 5.91. The van der Waals surface area contributed by atoms with Crippen molar-refractivity contribution >= 4 is 34.5 Å². The van der Waals surface area contributed by atoms with Gasteiger partial charge >= 0.3 is 0 Å². The zero-order valence-electron chi connectivity index (χ0n) is 10.3. The van der Waals surface area contributed by atoms with Crippen LogP contribution in [0.4, 0.5) is 0 Å². The molecule has 0 radical (unpaired) electrons. The maximum absolute atomic E-state index is 6.60. The molecule has 0 N–H and O–H groups in total. The molecule has 0 fully saturated rings. The first-order chi connectivity index (χ1) is 9.20. The number of thiophene rings is 1. The van der Waals surface area contributed by atoms with E-state index in [0.29, 0.717) is 11.6 Å². The van der Waals surface area contributed by atoms with E-state index in [4.69, 9.17) is 32.7 Å². The van der Waals surface area contributed by atoms with Crippen LogP contribution in [0.3, 0.4) is 0 Å². The average Bonchev–Trinajstić information content (AvgIpc) is 3.04. The van der Waals surface area contributed by atoms with Crippen molar-refractivity contribution in [2.75, 3.05) is 13.7 Å². The fraction of sp³-hybridized carbons (Fsp3) is 0.286. The topological polar surface area (TPSA) is 18.5 Å². The first kappa shape index (κ1) is 13.1. The summed E-state index contributed by atoms with van der Waals surface area (Å²) in [5.74, 6) is 1.68. The highest BCUT2D eigenvalue weighted by Crippen LogP contribution is 2.45. The zero-order chi connectivity index (χ0) is 13.4. The zero-order valence-corrected chi connectivity index (χ0v) is 12.6. The highest BCUT2D eigenvalue weighted by Gasteiger charge is 2.25. The molecule has 1 atom stereocenters. The second kappa shape index (κ2) is 5.23. The molecule has 1 unspecified atom stereocenters. The molecule has 1 aliphatic heterocycles. The van der Waals surface area contributed by atoms with Crippen LogP contribution >= 0.6 is 34.5 Å². The van der Waals surface area contributed by atoms with Crippen LogP contribution in [0, 0.1) is 0 Å². The first-order valence-corrected chi connectivity index (χ1v) is 7.60. The lowest BCUT2D eigenvalue weighted by Gasteiger charge is -2.14. The summed E-state index contributed by atoms with van der Waals surface area (Å²) >= 11 is 14.3. The molecule has 2 aromatic rings. The van der Waals surface area contributed by atoms with Gasteiger partial charge in [0, 0.05) is 17.0 Å². The Bertz CT molecular complexity index is 609. The molecule has 5 heteroatoms. The van der Waals surface area contributed by atoms with Crippen LogP contribution in [0.15, 0.2) is 23.6 Å². The van der Waals surface area contributed by atoms with Gasteiger partial charge in [0.15, 0.2) is 0 Å². The van der Waals surface area contributed by atoms with Gasteiger partial charge in [-0.05, 0) is 29.1 Å². The minimum Gasteiger partial charge on any atom is -0.496 e. The van der Waals surface area contributed by atoms with Crippen LogP contribution in [0.25, 0.3) is 0 Å². The molecule has 1 aromatic heterocycles. The number of halogens is 2. The van der Waals surface area contributed by atoms with E-state index in [1.165, 1.54) is 0 Å². The normalized spacial score (nSPS) is 14.9. The van der Waals surface area contributed by atoms with Gasteiger partial charge < -0.3 is 9.47 Å². The van der Waals surface area contributed by atoms with E-state index in [0.717, 1.165) is 33.9 Å². The van der Waals surface area contributed by atoms with Crippen molar-refractivity contribution in [2.45, 2.75) is 11.8 Å². The lowest BCUT2D eigenvalue weighted by molar-refractivity contribution is 0.353. The molecule has 2 nitrogen and oxygen atoms in total. The van der Waals surface area contributed by atoms with Crippen molar-refractivity contribution in [3.63, 3.8) is 0 Å². The van der Waals surface area contributed by atoms with Crippen molar-refractivity contribution < 1.29 is 9.47 Å². The summed E-state index contributed by atoms with van der Waals surface area (Å²) in [6, 6.07) is 5.74. The lowest BCUT2D eigenvalue weighted by Crippen LogP contribution is -1.97. The summed E-state index contributed by atoms with van der Waals surface area (Å²) < 4.78 is 11.0. The number of benzene rings is 1. The summed E-state index contributed by atoms with van der Waals surface area (Å²) in [6.45, 7) is 0.688. The highest BCUT2D eigenvalue weighted by molar-refractivity contribution is 7.10. The number of ether oxygens (including phenoxy) is 2. The van der Waals surface area contributed by atoms with E-state index in [1.807, 2.05) is 23.6 Å². The van der Waals surface area contributed by atoms with E-state index < -0.39 is 0 Å². The lowest BCUT2D eigenvalue weighted by atomic mass is 10.0. The Morgan fingerprint density at radius 1 is 1.42 bits per heavy atom. The van der Waals surface area contributed by atoms with Gasteiger partial charge in [0.25, 0.3) is 0 Å². The largest absolute Gasteiger partial charge is 0.496 e. The van der Waals surface area contributed by atoms with Gasteiger partial charge in [0.2, 0.25) is 0 Å². The van der Waals surface area contributed by atoms with Gasteiger partial charge in [-0.3, -0.25) is 0 Å². The Morgan fingerprint density at radius 3 is 3.05 bits per heavy atom. The van der Waals surface area contributed by atoms with Crippen molar-refractivity contribution in [2.24, 2.45) is 0 Å². The smallest absolute Gasteiger partial charge is 0.134 e. The van der Waals surface area contributed by atoms with E-state index in [9.17, 15) is 0 Å². The Hall–Kier alpha value is -0.900. The van der Waals surface area contributed by atoms with E-state index in [1.54, 1.807) is 18.4 Å². The number of hydrogen-bond donors (Lipinski definition) is 0. The highest BCUT2D eigenvalue weighted by atomic mass is 35.5. The summed E-state index contributed by atoms with van der Waals surface area (Å²) in [6.07, 6.45) is 0.883. The van der Waals surface area contributed by atoms with Crippen molar-refractivity contribution in [1.29, 1.82) is 0 Å². The second-order valence-electron chi connectivity index (χ2n) is 4.30. The maximum Gasteiger partial charge on any atom is 0.134 e. The van der Waals surface area contributed by atoms with Gasteiger partial charge in [-0.2, -0.15) is 0 Å². The van der Waals surface area contributed by atoms with Crippen LogP contribution in [0.1, 0.15) is 21.4 Å². The summed E-state index contributed by atoms with van der Waals surface area (Å²) in [5.41, 5.74) is 2.05. The molecule has 0 saturated carbocycles. The van der Waals surface area contributed by atoms with Gasteiger partial charge in [0.1, 0.15) is 16.9 Å². The maximum atomic E-state index is 6.60. The Kier molecular flexibility index (Phi) is 3.61. The summed E-state index contributed by atoms with van der Waals surface area (Å²) in [4.78, 5) is 0.976. The minimum atomic E-state index is -0.305. The van der Waals surface area contributed by atoms with E-state index >= 15 is 0 Å². The molecule has 0 spiro atoms. The molecular formula is C14H12Cl2O2S. The number of rotatable bonds is 3. The standard InChI is InChI=1S/C14H12Cl2O2S/c1-17-11-3-5-19-14(11)12(16)10-7-9(15)6-8-2-4-18-13(8)10/h3,5-7,12H,2,4H2,1H3. The Labute approximate surface area is 125 Å². The predicted octanol–water partition coefficient (Wildman–Crippen LogP) is 4.67. The molecule has 0 bridgehead atoms. The quantitative estimate of drug-likeness (QED) is 0.766. The molecule has 0 amide bonds. The van der Waals surface area contributed by atoms with Crippen LogP contribution in [0.2, 0.25) is 5.02 Å². The Balaban J connectivity index is 2.07. The van der Waals surface area contributed by atoms with E-state index in [2.05, 4.69) is 0 Å². The predicted molar refractivity (Wildman–Crippen MR) is 79.2 cm³/mol. The van der Waals surface area contributed by atoms with Gasteiger partial charge in [-0.25, -0.2) is 0 Å². The molecule has 3 rings (SSSR count). The minimum absolute atomic E-state index is 0.305. The molecule has 0 saturated heterocycles. The number of alkyl halides is 1. The molecule has 0 aliphatic carbocycles. The van der Waals surface area contributed by atoms with E-state index in [-0.39, 0.29) is 5.38 Å². The molecule has 2 heterocycles. The van der Waals surface area contributed by atoms with Crippen LogP contribution in [0.5, 0.6) is 11.5 Å². The molecule has 1 aliphatic rings. The summed E-state index contributed by atoms with van der Waals surface area (Å²) in [5, 5.41) is 2.36. The van der Waals surface area contributed by atoms with Crippen molar-refractivity contribution in [3.8, 4) is 11.5 Å². The monoisotopic (exact) mass is 314 g/mol. The van der Waals surface area contributed by atoms with Gasteiger partial charge in [-0.1, -0.05) is 11.6 Å². The van der Waals surface area contributed by atoms with Crippen molar-refractivity contribution in [1.82, 2.24) is 0 Å².